The molecular formula is C44H64ClNO6. The number of carbonyl (C=O) groups is 3. The van der Waals surface area contributed by atoms with Gasteiger partial charge in [-0.3, -0.25) is 14.4 Å². The van der Waals surface area contributed by atoms with E-state index in [9.17, 15) is 24.6 Å². The molecule has 4 fully saturated rings. The van der Waals surface area contributed by atoms with E-state index in [4.69, 9.17) is 16.3 Å². The molecule has 1 aromatic rings. The summed E-state index contributed by atoms with van der Waals surface area (Å²) in [4.78, 5) is 38.8. The number of hydrogen-bond acceptors (Lipinski definition) is 6. The van der Waals surface area contributed by atoms with Crippen molar-refractivity contribution in [2.45, 2.75) is 145 Å². The van der Waals surface area contributed by atoms with Gasteiger partial charge in [-0.05, 0) is 128 Å². The van der Waals surface area contributed by atoms with Crippen LogP contribution in [0, 0.1) is 56.2 Å². The smallest absolute Gasteiger partial charge is 0.309 e. The molecule has 6 rings (SSSR count). The van der Waals surface area contributed by atoms with E-state index in [0.29, 0.717) is 36.4 Å². The number of halogens is 1. The number of benzene rings is 1. The Morgan fingerprint density at radius 1 is 0.942 bits per heavy atom. The maximum Gasteiger partial charge on any atom is 0.309 e. The van der Waals surface area contributed by atoms with Gasteiger partial charge < -0.3 is 20.3 Å². The highest BCUT2D eigenvalue weighted by atomic mass is 35.5. The highest BCUT2D eigenvalue weighted by Crippen LogP contribution is 2.77. The van der Waals surface area contributed by atoms with Gasteiger partial charge in [-0.2, -0.15) is 0 Å². The summed E-state index contributed by atoms with van der Waals surface area (Å²) < 4.78 is 6.16. The molecule has 0 saturated heterocycles. The molecule has 7 nitrogen and oxygen atoms in total. The molecule has 4 saturated carbocycles. The van der Waals surface area contributed by atoms with Crippen molar-refractivity contribution in [2.75, 3.05) is 6.54 Å². The fourth-order valence-corrected chi connectivity index (χ4v) is 13.2. The van der Waals surface area contributed by atoms with Crippen LogP contribution in [-0.2, 0) is 25.7 Å². The van der Waals surface area contributed by atoms with Crippen LogP contribution in [0.4, 0.5) is 0 Å². The number of fused-ring (bicyclic) bond motifs is 7. The van der Waals surface area contributed by atoms with Crippen molar-refractivity contribution >= 4 is 29.3 Å². The molecule has 0 spiro atoms. The lowest BCUT2D eigenvalue weighted by Crippen LogP contribution is -2.66. The molecule has 288 valence electrons. The van der Waals surface area contributed by atoms with E-state index >= 15 is 0 Å². The van der Waals surface area contributed by atoms with Gasteiger partial charge in [0.1, 0.15) is 6.10 Å². The normalized spacial score (nSPS) is 37.5. The summed E-state index contributed by atoms with van der Waals surface area (Å²) in [6.45, 7) is 20.7. The van der Waals surface area contributed by atoms with Crippen molar-refractivity contribution in [3.63, 3.8) is 0 Å². The molecule has 0 heterocycles. The summed E-state index contributed by atoms with van der Waals surface area (Å²) in [5.41, 5.74) is 1.55. The highest BCUT2D eigenvalue weighted by molar-refractivity contribution is 6.30. The standard InChI is InChI=1S/C44H64ClNO6/c1-26(2)36-30(47)22-44(33(48)25-46-24-27-10-12-28(45)13-11-27)21-20-42(8)29(37(36)44)14-15-32-41(7)18-17-34(52-35(49)23-39(3,4)38(50)51)40(5,6)31(41)16-19-43(32,42)9/h10-13,26,29,31-34,46,48H,14-25H2,1-9H3,(H,50,51)/t29-,31?,32-,33-,34+,41+,42-,43-,44+/m1/s1. The lowest BCUT2D eigenvalue weighted by atomic mass is 9.33. The fourth-order valence-electron chi connectivity index (χ4n) is 13.1. The molecule has 52 heavy (non-hydrogen) atoms. The number of aliphatic carboxylic acids is 1. The second-order valence-electron chi connectivity index (χ2n) is 19.8. The van der Waals surface area contributed by atoms with E-state index in [1.807, 2.05) is 24.3 Å². The number of esters is 1. The number of nitrogens with one attached hydrogen (secondary N) is 1. The number of ketones is 1. The van der Waals surface area contributed by atoms with Crippen LogP contribution >= 0.6 is 11.6 Å². The van der Waals surface area contributed by atoms with Gasteiger partial charge in [-0.15, -0.1) is 0 Å². The van der Waals surface area contributed by atoms with Gasteiger partial charge in [0.2, 0.25) is 0 Å². The monoisotopic (exact) mass is 737 g/mol. The maximum absolute atomic E-state index is 14.0. The first kappa shape index (κ1) is 39.5. The van der Waals surface area contributed by atoms with Gasteiger partial charge in [0, 0.05) is 35.4 Å². The zero-order valence-corrected chi connectivity index (χ0v) is 33.9. The molecule has 0 amide bonds. The number of carboxylic acids is 1. The molecule has 1 aromatic carbocycles. The molecule has 9 atom stereocenters. The van der Waals surface area contributed by atoms with Crippen molar-refractivity contribution in [1.82, 2.24) is 5.32 Å². The summed E-state index contributed by atoms with van der Waals surface area (Å²) in [7, 11) is 0. The number of aliphatic hydroxyl groups excluding tert-OH is 1. The van der Waals surface area contributed by atoms with Crippen LogP contribution in [0.1, 0.15) is 132 Å². The minimum absolute atomic E-state index is 0.0141. The number of Topliss-reactive ketones (excluding diaryl/α,β-unsaturated/α-hetero) is 1. The molecule has 8 heteroatoms. The Morgan fingerprint density at radius 2 is 1.62 bits per heavy atom. The zero-order chi connectivity index (χ0) is 38.2. The first-order valence-corrected chi connectivity index (χ1v) is 20.4. The van der Waals surface area contributed by atoms with Gasteiger partial charge in [0.05, 0.1) is 17.9 Å². The summed E-state index contributed by atoms with van der Waals surface area (Å²) in [6, 6.07) is 7.79. The summed E-state index contributed by atoms with van der Waals surface area (Å²) in [5, 5.41) is 26.0. The van der Waals surface area contributed by atoms with E-state index in [1.54, 1.807) is 13.8 Å². The third-order valence-electron chi connectivity index (χ3n) is 16.1. The first-order valence-electron chi connectivity index (χ1n) is 20.0. The van der Waals surface area contributed by atoms with E-state index in [1.165, 1.54) is 5.57 Å². The van der Waals surface area contributed by atoms with Crippen LogP contribution in [0.25, 0.3) is 0 Å². The molecule has 0 bridgehead atoms. The lowest BCUT2D eigenvalue weighted by molar-refractivity contribution is -0.235. The summed E-state index contributed by atoms with van der Waals surface area (Å²) in [6.07, 6.45) is 7.17. The topological polar surface area (TPSA) is 113 Å². The minimum atomic E-state index is -1.17. The predicted octanol–water partition coefficient (Wildman–Crippen LogP) is 9.18. The molecular weight excluding hydrogens is 674 g/mol. The average Bonchev–Trinajstić information content (AvgIpc) is 3.36. The van der Waals surface area contributed by atoms with Crippen molar-refractivity contribution < 1.29 is 29.3 Å². The van der Waals surface area contributed by atoms with Gasteiger partial charge in [0.15, 0.2) is 5.78 Å². The van der Waals surface area contributed by atoms with Crippen molar-refractivity contribution in [1.29, 1.82) is 0 Å². The van der Waals surface area contributed by atoms with Gasteiger partial charge >= 0.3 is 11.9 Å². The summed E-state index contributed by atoms with van der Waals surface area (Å²) >= 11 is 6.10. The molecule has 0 aliphatic heterocycles. The SMILES string of the molecule is CC(C)C1=C2[C@H]3CC[C@@H]4[C@@]5(C)CC[C@H](OC(=O)CC(C)(C)C(=O)O)C(C)(C)C5CC[C@@]4(C)[C@]3(C)CC[C@@]2([C@H](O)CNCc2ccc(Cl)cc2)CC1=O. The summed E-state index contributed by atoms with van der Waals surface area (Å²) in [5.74, 6) is 0.0352. The number of carbonyl (C=O) groups excluding carboxylic acids is 2. The number of hydrogen-bond donors (Lipinski definition) is 3. The Morgan fingerprint density at radius 3 is 2.25 bits per heavy atom. The van der Waals surface area contributed by atoms with Crippen LogP contribution in [-0.4, -0.2) is 46.7 Å². The molecule has 5 aliphatic carbocycles. The second kappa shape index (κ2) is 13.5. The maximum atomic E-state index is 14.0. The third-order valence-corrected chi connectivity index (χ3v) is 16.3. The van der Waals surface area contributed by atoms with Crippen molar-refractivity contribution in [2.24, 2.45) is 56.2 Å². The average molecular weight is 738 g/mol. The van der Waals surface area contributed by atoms with Gasteiger partial charge in [0.25, 0.3) is 0 Å². The van der Waals surface area contributed by atoms with Crippen LogP contribution in [0.5, 0.6) is 0 Å². The van der Waals surface area contributed by atoms with E-state index in [0.717, 1.165) is 62.5 Å². The van der Waals surface area contributed by atoms with E-state index < -0.39 is 28.9 Å². The number of carboxylic acid groups (broad SMARTS) is 1. The van der Waals surface area contributed by atoms with Crippen LogP contribution in [0.2, 0.25) is 5.02 Å². The first-order chi connectivity index (χ1) is 24.1. The lowest BCUT2D eigenvalue weighted by Gasteiger charge is -2.72. The minimum Gasteiger partial charge on any atom is -0.481 e. The quantitative estimate of drug-likeness (QED) is 0.205. The van der Waals surface area contributed by atoms with Gasteiger partial charge in [-0.25, -0.2) is 0 Å². The van der Waals surface area contributed by atoms with E-state index in [-0.39, 0.29) is 51.8 Å². The van der Waals surface area contributed by atoms with Crippen LogP contribution < -0.4 is 5.32 Å². The Bertz CT molecular complexity index is 1610. The second-order valence-corrected chi connectivity index (χ2v) is 20.3. The highest BCUT2D eigenvalue weighted by Gasteiger charge is 2.70. The Labute approximate surface area is 317 Å². The molecule has 0 aromatic heterocycles. The van der Waals surface area contributed by atoms with Crippen molar-refractivity contribution in [3.8, 4) is 0 Å². The molecule has 5 aliphatic rings. The number of allylic oxidation sites excluding steroid dienone is 1. The van der Waals surface area contributed by atoms with Gasteiger partial charge in [-0.1, -0.05) is 77.8 Å². The Kier molecular flexibility index (Phi) is 10.3. The third kappa shape index (κ3) is 6.11. The molecule has 0 radical (unpaired) electrons. The number of rotatable bonds is 10. The number of ether oxygens (including phenoxy) is 1. The molecule has 3 N–H and O–H groups in total. The zero-order valence-electron chi connectivity index (χ0n) is 33.2. The Balaban J connectivity index is 1.26. The van der Waals surface area contributed by atoms with Crippen LogP contribution in [0.15, 0.2) is 35.4 Å². The van der Waals surface area contributed by atoms with E-state index in [2.05, 4.69) is 53.8 Å². The Hall–Kier alpha value is -2.22. The van der Waals surface area contributed by atoms with Crippen LogP contribution in [0.3, 0.4) is 0 Å². The predicted molar refractivity (Wildman–Crippen MR) is 205 cm³/mol. The molecule has 1 unspecified atom stereocenters. The number of aliphatic hydroxyl groups is 1. The largest absolute Gasteiger partial charge is 0.481 e. The van der Waals surface area contributed by atoms with Crippen molar-refractivity contribution in [3.05, 3.63) is 46.0 Å². The fraction of sp³-hybridized carbons (Fsp3) is 0.750.